The van der Waals surface area contributed by atoms with Gasteiger partial charge >= 0.3 is 0 Å². The van der Waals surface area contributed by atoms with E-state index in [0.717, 1.165) is 12.1 Å². The molecule has 0 aliphatic carbocycles. The standard InChI is InChI=1S/C13H15F2NO2/c1-13(2,3)6-11(18)16-12-9(14)4-8(7-17)5-10(12)15/h4-5,7H,6H2,1-3H3,(H,16,18). The van der Waals surface area contributed by atoms with Gasteiger partial charge in [-0.05, 0) is 17.5 Å². The number of hydrogen-bond acceptors (Lipinski definition) is 2. The summed E-state index contributed by atoms with van der Waals surface area (Å²) >= 11 is 0. The van der Waals surface area contributed by atoms with Crippen LogP contribution in [-0.4, -0.2) is 12.2 Å². The second-order valence-electron chi connectivity index (χ2n) is 5.26. The molecule has 3 nitrogen and oxygen atoms in total. The third-order valence-electron chi connectivity index (χ3n) is 2.16. The van der Waals surface area contributed by atoms with Crippen LogP contribution in [0.1, 0.15) is 37.6 Å². The van der Waals surface area contributed by atoms with Crippen molar-refractivity contribution >= 4 is 17.9 Å². The Bertz CT molecular complexity index is 455. The number of hydrogen-bond donors (Lipinski definition) is 1. The van der Waals surface area contributed by atoms with Crippen molar-refractivity contribution < 1.29 is 18.4 Å². The van der Waals surface area contributed by atoms with Crippen molar-refractivity contribution in [2.24, 2.45) is 5.41 Å². The summed E-state index contributed by atoms with van der Waals surface area (Å²) in [5.41, 5.74) is -0.909. The second kappa shape index (κ2) is 5.25. The predicted octanol–water partition coefficient (Wildman–Crippen LogP) is 3.15. The maximum atomic E-state index is 13.5. The first kappa shape index (κ1) is 14.3. The first-order chi connectivity index (χ1) is 8.23. The highest BCUT2D eigenvalue weighted by Gasteiger charge is 2.19. The summed E-state index contributed by atoms with van der Waals surface area (Å²) in [6, 6.07) is 1.76. The molecular weight excluding hydrogens is 240 g/mol. The molecule has 1 rings (SSSR count). The zero-order chi connectivity index (χ0) is 13.9. The lowest BCUT2D eigenvalue weighted by atomic mass is 9.92. The maximum absolute atomic E-state index is 13.5. The molecule has 1 aromatic rings. The SMILES string of the molecule is CC(C)(C)CC(=O)Nc1c(F)cc(C=O)cc1F. The zero-order valence-electron chi connectivity index (χ0n) is 10.5. The summed E-state index contributed by atoms with van der Waals surface area (Å²) < 4.78 is 27.0. The average Bonchev–Trinajstić information content (AvgIpc) is 2.20. The van der Waals surface area contributed by atoms with Gasteiger partial charge in [0.15, 0.2) is 0 Å². The molecule has 0 fully saturated rings. The quantitative estimate of drug-likeness (QED) is 0.843. The first-order valence-electron chi connectivity index (χ1n) is 5.47. The molecular formula is C13H15F2NO2. The smallest absolute Gasteiger partial charge is 0.225 e. The summed E-state index contributed by atoms with van der Waals surface area (Å²) in [4.78, 5) is 22.0. The molecule has 0 saturated heterocycles. The number of aldehydes is 1. The number of benzene rings is 1. The largest absolute Gasteiger partial charge is 0.321 e. The molecule has 0 aliphatic rings. The molecule has 0 spiro atoms. The molecule has 0 unspecified atom stereocenters. The fraction of sp³-hybridized carbons (Fsp3) is 0.385. The van der Waals surface area contributed by atoms with E-state index in [1.807, 2.05) is 20.8 Å². The van der Waals surface area contributed by atoms with E-state index in [2.05, 4.69) is 5.32 Å². The van der Waals surface area contributed by atoms with Gasteiger partial charge in [-0.25, -0.2) is 8.78 Å². The van der Waals surface area contributed by atoms with Crippen LogP contribution in [0.3, 0.4) is 0 Å². The molecule has 0 atom stereocenters. The first-order valence-corrected chi connectivity index (χ1v) is 5.47. The monoisotopic (exact) mass is 255 g/mol. The minimum absolute atomic E-state index is 0.112. The number of rotatable bonds is 3. The zero-order valence-corrected chi connectivity index (χ0v) is 10.5. The summed E-state index contributed by atoms with van der Waals surface area (Å²) in [7, 11) is 0. The van der Waals surface area contributed by atoms with Crippen molar-refractivity contribution in [1.29, 1.82) is 0 Å². The Morgan fingerprint density at radius 3 is 2.17 bits per heavy atom. The number of nitrogens with one attached hydrogen (secondary N) is 1. The van der Waals surface area contributed by atoms with Crippen molar-refractivity contribution in [2.75, 3.05) is 5.32 Å². The Balaban J connectivity index is 2.92. The minimum atomic E-state index is -0.959. The lowest BCUT2D eigenvalue weighted by molar-refractivity contribution is -0.117. The van der Waals surface area contributed by atoms with Crippen LogP contribution >= 0.6 is 0 Å². The maximum Gasteiger partial charge on any atom is 0.225 e. The Kier molecular flexibility index (Phi) is 4.16. The molecule has 0 bridgehead atoms. The van der Waals surface area contributed by atoms with Gasteiger partial charge in [0.2, 0.25) is 5.91 Å². The third kappa shape index (κ3) is 3.91. The number of carbonyl (C=O) groups excluding carboxylic acids is 2. The van der Waals surface area contributed by atoms with Crippen molar-refractivity contribution in [2.45, 2.75) is 27.2 Å². The van der Waals surface area contributed by atoms with Crippen LogP contribution in [0.15, 0.2) is 12.1 Å². The molecule has 0 saturated carbocycles. The fourth-order valence-electron chi connectivity index (χ4n) is 1.45. The molecule has 1 amide bonds. The predicted molar refractivity (Wildman–Crippen MR) is 64.4 cm³/mol. The van der Waals surface area contributed by atoms with E-state index >= 15 is 0 Å². The van der Waals surface area contributed by atoms with E-state index < -0.39 is 23.2 Å². The third-order valence-corrected chi connectivity index (χ3v) is 2.16. The minimum Gasteiger partial charge on any atom is -0.321 e. The van der Waals surface area contributed by atoms with Crippen LogP contribution in [-0.2, 0) is 4.79 Å². The van der Waals surface area contributed by atoms with E-state index in [9.17, 15) is 18.4 Å². The summed E-state index contributed by atoms with van der Waals surface area (Å²) in [6.45, 7) is 5.53. The molecule has 0 aromatic heterocycles. The topological polar surface area (TPSA) is 46.2 Å². The molecule has 0 radical (unpaired) electrons. The molecule has 1 N–H and O–H groups in total. The van der Waals surface area contributed by atoms with Gasteiger partial charge in [0.1, 0.15) is 23.6 Å². The number of halogens is 2. The lowest BCUT2D eigenvalue weighted by Gasteiger charge is -2.17. The van der Waals surface area contributed by atoms with Crippen LogP contribution < -0.4 is 5.32 Å². The van der Waals surface area contributed by atoms with Gasteiger partial charge in [-0.2, -0.15) is 0 Å². The van der Waals surface area contributed by atoms with Crippen LogP contribution in [0.2, 0.25) is 0 Å². The van der Waals surface area contributed by atoms with Gasteiger partial charge in [-0.15, -0.1) is 0 Å². The molecule has 0 aliphatic heterocycles. The van der Waals surface area contributed by atoms with Gasteiger partial charge < -0.3 is 5.32 Å². The molecule has 5 heteroatoms. The normalized spacial score (nSPS) is 11.2. The highest BCUT2D eigenvalue weighted by molar-refractivity contribution is 5.91. The van der Waals surface area contributed by atoms with Crippen LogP contribution in [0.5, 0.6) is 0 Å². The van der Waals surface area contributed by atoms with E-state index in [0.29, 0.717) is 6.29 Å². The highest BCUT2D eigenvalue weighted by Crippen LogP contribution is 2.23. The van der Waals surface area contributed by atoms with E-state index in [1.165, 1.54) is 0 Å². The van der Waals surface area contributed by atoms with Gasteiger partial charge in [0.25, 0.3) is 0 Å². The average molecular weight is 255 g/mol. The Labute approximate surface area is 104 Å². The Morgan fingerprint density at radius 1 is 1.28 bits per heavy atom. The Morgan fingerprint density at radius 2 is 1.78 bits per heavy atom. The van der Waals surface area contributed by atoms with E-state index in [1.54, 1.807) is 0 Å². The molecule has 1 aromatic carbocycles. The van der Waals surface area contributed by atoms with Crippen molar-refractivity contribution in [3.8, 4) is 0 Å². The van der Waals surface area contributed by atoms with Crippen molar-refractivity contribution in [3.05, 3.63) is 29.3 Å². The summed E-state index contributed by atoms with van der Waals surface area (Å²) in [6.07, 6.45) is 0.480. The lowest BCUT2D eigenvalue weighted by Crippen LogP contribution is -2.21. The van der Waals surface area contributed by atoms with Crippen molar-refractivity contribution in [3.63, 3.8) is 0 Å². The van der Waals surface area contributed by atoms with E-state index in [4.69, 9.17) is 0 Å². The van der Waals surface area contributed by atoms with Gasteiger partial charge in [0.05, 0.1) is 0 Å². The fourth-order valence-corrected chi connectivity index (χ4v) is 1.45. The number of anilines is 1. The van der Waals surface area contributed by atoms with Crippen LogP contribution in [0.25, 0.3) is 0 Å². The molecule has 0 heterocycles. The number of amides is 1. The summed E-state index contributed by atoms with van der Waals surface area (Å²) in [5, 5.41) is 2.18. The number of carbonyl (C=O) groups is 2. The second-order valence-corrected chi connectivity index (χ2v) is 5.26. The van der Waals surface area contributed by atoms with Gasteiger partial charge in [-0.1, -0.05) is 20.8 Å². The van der Waals surface area contributed by atoms with Gasteiger partial charge in [-0.3, -0.25) is 9.59 Å². The molecule has 98 valence electrons. The highest BCUT2D eigenvalue weighted by atomic mass is 19.1. The van der Waals surface area contributed by atoms with Crippen LogP contribution in [0.4, 0.5) is 14.5 Å². The molecule has 18 heavy (non-hydrogen) atoms. The van der Waals surface area contributed by atoms with Gasteiger partial charge in [0, 0.05) is 12.0 Å². The summed E-state index contributed by atoms with van der Waals surface area (Å²) in [5.74, 6) is -2.39. The van der Waals surface area contributed by atoms with Crippen molar-refractivity contribution in [1.82, 2.24) is 0 Å². The van der Waals surface area contributed by atoms with E-state index in [-0.39, 0.29) is 17.4 Å². The Hall–Kier alpha value is -1.78. The van der Waals surface area contributed by atoms with Crippen LogP contribution in [0, 0.1) is 17.0 Å².